The van der Waals surface area contributed by atoms with Gasteiger partial charge in [-0.15, -0.1) is 0 Å². The number of hydrogen-bond donors (Lipinski definition) is 2. The number of aliphatic hydroxyl groups is 1. The standard InChI is InChI=1S/C25H29NO4/c1-18(27)24(26)17-30-25(19-7-5-4-6-8-19,20-9-13-22(28-2)14-10-20)21-11-15-23(29-3)16-12-21/h4-16,18,24,27H,17,26H2,1-3H3. The Morgan fingerprint density at radius 2 is 1.20 bits per heavy atom. The van der Waals surface area contributed by atoms with Crippen molar-refractivity contribution in [2.24, 2.45) is 5.73 Å². The first-order chi connectivity index (χ1) is 14.5. The number of aliphatic hydroxyl groups excluding tert-OH is 1. The van der Waals surface area contributed by atoms with E-state index >= 15 is 0 Å². The molecule has 0 bridgehead atoms. The SMILES string of the molecule is COc1ccc(C(OCC(N)C(C)O)(c2ccccc2)c2ccc(OC)cc2)cc1. The van der Waals surface area contributed by atoms with Crippen LogP contribution in [0.25, 0.3) is 0 Å². The molecule has 0 radical (unpaired) electrons. The van der Waals surface area contributed by atoms with Crippen LogP contribution in [-0.2, 0) is 10.3 Å². The molecule has 3 rings (SSSR count). The zero-order chi connectivity index (χ0) is 21.6. The molecule has 0 fully saturated rings. The van der Waals surface area contributed by atoms with Crippen LogP contribution in [0.5, 0.6) is 11.5 Å². The Morgan fingerprint density at radius 1 is 0.767 bits per heavy atom. The summed E-state index contributed by atoms with van der Waals surface area (Å²) >= 11 is 0. The summed E-state index contributed by atoms with van der Waals surface area (Å²) in [7, 11) is 3.28. The first kappa shape index (κ1) is 21.8. The third kappa shape index (κ3) is 4.49. The summed E-state index contributed by atoms with van der Waals surface area (Å²) in [5.74, 6) is 1.52. The van der Waals surface area contributed by atoms with Crippen LogP contribution >= 0.6 is 0 Å². The summed E-state index contributed by atoms with van der Waals surface area (Å²) in [4.78, 5) is 0. The van der Waals surface area contributed by atoms with Crippen molar-refractivity contribution in [2.45, 2.75) is 24.7 Å². The second-order valence-electron chi connectivity index (χ2n) is 7.22. The van der Waals surface area contributed by atoms with Gasteiger partial charge in [0, 0.05) is 0 Å². The first-order valence-corrected chi connectivity index (χ1v) is 9.93. The van der Waals surface area contributed by atoms with Gasteiger partial charge in [0.25, 0.3) is 0 Å². The lowest BCUT2D eigenvalue weighted by Crippen LogP contribution is -2.42. The van der Waals surface area contributed by atoms with Gasteiger partial charge >= 0.3 is 0 Å². The van der Waals surface area contributed by atoms with Gasteiger partial charge in [-0.25, -0.2) is 0 Å². The number of benzene rings is 3. The van der Waals surface area contributed by atoms with E-state index in [4.69, 9.17) is 19.9 Å². The lowest BCUT2D eigenvalue weighted by atomic mass is 9.80. The molecule has 0 heterocycles. The van der Waals surface area contributed by atoms with Crippen LogP contribution in [0.1, 0.15) is 23.6 Å². The van der Waals surface area contributed by atoms with E-state index < -0.39 is 17.7 Å². The predicted molar refractivity (Wildman–Crippen MR) is 118 cm³/mol. The van der Waals surface area contributed by atoms with Crippen LogP contribution in [-0.4, -0.2) is 38.1 Å². The average molecular weight is 408 g/mol. The second-order valence-corrected chi connectivity index (χ2v) is 7.22. The fourth-order valence-corrected chi connectivity index (χ4v) is 3.43. The third-order valence-corrected chi connectivity index (χ3v) is 5.29. The molecule has 0 amide bonds. The molecule has 0 aromatic heterocycles. The van der Waals surface area contributed by atoms with Crippen LogP contribution in [0.3, 0.4) is 0 Å². The minimum atomic E-state index is -0.924. The number of rotatable bonds is 9. The molecule has 5 heteroatoms. The second kappa shape index (κ2) is 9.76. The molecule has 158 valence electrons. The Balaban J connectivity index is 2.20. The fraction of sp³-hybridized carbons (Fsp3) is 0.280. The van der Waals surface area contributed by atoms with Crippen molar-refractivity contribution in [2.75, 3.05) is 20.8 Å². The maximum absolute atomic E-state index is 9.93. The molecule has 3 N–H and O–H groups in total. The quantitative estimate of drug-likeness (QED) is 0.529. The number of hydrogen-bond acceptors (Lipinski definition) is 5. The van der Waals surface area contributed by atoms with Crippen molar-refractivity contribution in [1.82, 2.24) is 0 Å². The van der Waals surface area contributed by atoms with Crippen molar-refractivity contribution >= 4 is 0 Å². The van der Waals surface area contributed by atoms with E-state index in [9.17, 15) is 5.11 Å². The lowest BCUT2D eigenvalue weighted by molar-refractivity contribution is -0.0131. The Hall–Kier alpha value is -2.86. The highest BCUT2D eigenvalue weighted by atomic mass is 16.5. The molecule has 5 nitrogen and oxygen atoms in total. The Morgan fingerprint density at radius 3 is 1.60 bits per heavy atom. The van der Waals surface area contributed by atoms with E-state index in [1.807, 2.05) is 78.9 Å². The Kier molecular flexibility index (Phi) is 7.11. The summed E-state index contributed by atoms with van der Waals surface area (Å²) in [6.45, 7) is 1.84. The molecule has 3 aromatic carbocycles. The highest BCUT2D eigenvalue weighted by Gasteiger charge is 2.38. The summed E-state index contributed by atoms with van der Waals surface area (Å²) in [6.07, 6.45) is -0.690. The van der Waals surface area contributed by atoms with Gasteiger partial charge in [0.1, 0.15) is 17.1 Å². The molecule has 0 aliphatic carbocycles. The number of methoxy groups -OCH3 is 2. The topological polar surface area (TPSA) is 73.9 Å². The van der Waals surface area contributed by atoms with Crippen LogP contribution in [0.15, 0.2) is 78.9 Å². The minimum Gasteiger partial charge on any atom is -0.497 e. The van der Waals surface area contributed by atoms with Crippen LogP contribution in [0.4, 0.5) is 0 Å². The maximum atomic E-state index is 9.93. The largest absolute Gasteiger partial charge is 0.497 e. The van der Waals surface area contributed by atoms with Gasteiger partial charge < -0.3 is 25.1 Å². The molecule has 2 atom stereocenters. The van der Waals surface area contributed by atoms with E-state index in [2.05, 4.69) is 0 Å². The van der Waals surface area contributed by atoms with E-state index in [0.29, 0.717) is 0 Å². The highest BCUT2D eigenvalue weighted by molar-refractivity contribution is 5.49. The maximum Gasteiger partial charge on any atom is 0.143 e. The van der Waals surface area contributed by atoms with Crippen molar-refractivity contribution in [3.05, 3.63) is 95.6 Å². The summed E-state index contributed by atoms with van der Waals surface area (Å²) in [5, 5.41) is 9.93. The van der Waals surface area contributed by atoms with Crippen molar-refractivity contribution in [1.29, 1.82) is 0 Å². The molecule has 0 saturated heterocycles. The van der Waals surface area contributed by atoms with Gasteiger partial charge in [-0.1, -0.05) is 54.6 Å². The smallest absolute Gasteiger partial charge is 0.143 e. The van der Waals surface area contributed by atoms with Crippen molar-refractivity contribution in [3.63, 3.8) is 0 Å². The van der Waals surface area contributed by atoms with Crippen molar-refractivity contribution in [3.8, 4) is 11.5 Å². The zero-order valence-corrected chi connectivity index (χ0v) is 17.6. The van der Waals surface area contributed by atoms with E-state index in [1.165, 1.54) is 0 Å². The zero-order valence-electron chi connectivity index (χ0n) is 17.6. The van der Waals surface area contributed by atoms with Crippen LogP contribution in [0.2, 0.25) is 0 Å². The van der Waals surface area contributed by atoms with Gasteiger partial charge in [-0.2, -0.15) is 0 Å². The highest BCUT2D eigenvalue weighted by Crippen LogP contribution is 2.41. The molecule has 2 unspecified atom stereocenters. The van der Waals surface area contributed by atoms with Gasteiger partial charge in [-0.05, 0) is 47.9 Å². The van der Waals surface area contributed by atoms with E-state index in [-0.39, 0.29) is 6.61 Å². The molecule has 0 aliphatic heterocycles. The summed E-state index contributed by atoms with van der Waals surface area (Å²) in [5.41, 5.74) is 8.02. The number of ether oxygens (including phenoxy) is 3. The molecule has 0 aliphatic rings. The first-order valence-electron chi connectivity index (χ1n) is 9.93. The third-order valence-electron chi connectivity index (χ3n) is 5.29. The molecule has 0 spiro atoms. The lowest BCUT2D eigenvalue weighted by Gasteiger charge is -2.37. The normalized spacial score (nSPS) is 13.5. The predicted octanol–water partition coefficient (Wildman–Crippen LogP) is 3.72. The van der Waals surface area contributed by atoms with Gasteiger partial charge in [-0.3, -0.25) is 0 Å². The molecule has 3 aromatic rings. The summed E-state index contributed by atoms with van der Waals surface area (Å²) in [6, 6.07) is 25.1. The fourth-order valence-electron chi connectivity index (χ4n) is 3.43. The molecule has 0 saturated carbocycles. The minimum absolute atomic E-state index is 0.171. The van der Waals surface area contributed by atoms with Crippen LogP contribution in [0, 0.1) is 0 Å². The molecular weight excluding hydrogens is 378 g/mol. The Bertz CT molecular complexity index is 861. The average Bonchev–Trinajstić information content (AvgIpc) is 2.80. The summed E-state index contributed by atoms with van der Waals surface area (Å²) < 4.78 is 17.3. The van der Waals surface area contributed by atoms with Gasteiger partial charge in [0.05, 0.1) is 33.0 Å². The van der Waals surface area contributed by atoms with E-state index in [0.717, 1.165) is 28.2 Å². The molecule has 30 heavy (non-hydrogen) atoms. The molecular formula is C25H29NO4. The Labute approximate surface area is 178 Å². The van der Waals surface area contributed by atoms with Crippen molar-refractivity contribution < 1.29 is 19.3 Å². The van der Waals surface area contributed by atoms with Gasteiger partial charge in [0.15, 0.2) is 0 Å². The monoisotopic (exact) mass is 407 g/mol. The van der Waals surface area contributed by atoms with Crippen LogP contribution < -0.4 is 15.2 Å². The van der Waals surface area contributed by atoms with E-state index in [1.54, 1.807) is 21.1 Å². The van der Waals surface area contributed by atoms with Gasteiger partial charge in [0.2, 0.25) is 0 Å². The number of nitrogens with two attached hydrogens (primary N) is 1.